The summed E-state index contributed by atoms with van der Waals surface area (Å²) in [5, 5.41) is 21.6. The van der Waals surface area contributed by atoms with Crippen LogP contribution in [0.15, 0.2) is 47.4 Å². The number of unbranched alkanes of at least 4 members (excludes halogenated alkanes) is 1. The van der Waals surface area contributed by atoms with Gasteiger partial charge in [0.1, 0.15) is 11.6 Å². The van der Waals surface area contributed by atoms with Gasteiger partial charge in [-0.25, -0.2) is 12.8 Å². The van der Waals surface area contributed by atoms with Crippen LogP contribution in [0.2, 0.25) is 0 Å². The standard InChI is InChI=1S/C22H27FO4S/c1-3-5-12-22(4-2)14-28(26,27)19-11-10-17(24)13-18(19)20(21(22)25)15-6-8-16(23)9-7-15/h6-11,13,20-21,24-25H,3-5,12,14H2,1-2H3/t20-,21-,22+/m0/s1. The molecule has 6 heteroatoms. The molecule has 0 aliphatic carbocycles. The third-order valence-corrected chi connectivity index (χ3v) is 8.04. The van der Waals surface area contributed by atoms with Crippen molar-refractivity contribution in [3.8, 4) is 5.75 Å². The van der Waals surface area contributed by atoms with Crippen LogP contribution >= 0.6 is 0 Å². The predicted molar refractivity (Wildman–Crippen MR) is 107 cm³/mol. The molecule has 152 valence electrons. The van der Waals surface area contributed by atoms with Gasteiger partial charge in [-0.05, 0) is 54.3 Å². The van der Waals surface area contributed by atoms with Crippen molar-refractivity contribution in [3.05, 3.63) is 59.4 Å². The van der Waals surface area contributed by atoms with E-state index in [0.717, 1.165) is 12.8 Å². The number of phenolic OH excluding ortho intramolecular Hbond substituents is 1. The van der Waals surface area contributed by atoms with Crippen molar-refractivity contribution in [2.24, 2.45) is 5.41 Å². The summed E-state index contributed by atoms with van der Waals surface area (Å²) in [6.07, 6.45) is 1.80. The Morgan fingerprint density at radius 2 is 1.82 bits per heavy atom. The summed E-state index contributed by atoms with van der Waals surface area (Å²) >= 11 is 0. The van der Waals surface area contributed by atoms with Gasteiger partial charge in [0.15, 0.2) is 9.84 Å². The van der Waals surface area contributed by atoms with Crippen molar-refractivity contribution in [1.29, 1.82) is 0 Å². The van der Waals surface area contributed by atoms with Crippen molar-refractivity contribution in [1.82, 2.24) is 0 Å². The Kier molecular flexibility index (Phi) is 5.82. The maximum Gasteiger partial charge on any atom is 0.179 e. The second-order valence-corrected chi connectivity index (χ2v) is 9.73. The molecular formula is C22H27FO4S. The minimum absolute atomic E-state index is 0.0641. The molecule has 0 fully saturated rings. The molecule has 0 radical (unpaired) electrons. The van der Waals surface area contributed by atoms with Crippen LogP contribution in [-0.2, 0) is 9.84 Å². The van der Waals surface area contributed by atoms with E-state index in [-0.39, 0.29) is 16.4 Å². The van der Waals surface area contributed by atoms with Gasteiger partial charge in [0.25, 0.3) is 0 Å². The molecule has 2 N–H and O–H groups in total. The molecular weight excluding hydrogens is 379 g/mol. The molecule has 0 aromatic heterocycles. The number of aliphatic hydroxyl groups excluding tert-OH is 1. The molecule has 1 aliphatic heterocycles. The first-order valence-corrected chi connectivity index (χ1v) is 11.4. The van der Waals surface area contributed by atoms with Crippen LogP contribution in [0.5, 0.6) is 5.75 Å². The molecule has 3 rings (SSSR count). The third kappa shape index (κ3) is 3.67. The smallest absolute Gasteiger partial charge is 0.179 e. The Morgan fingerprint density at radius 1 is 1.14 bits per heavy atom. The van der Waals surface area contributed by atoms with E-state index >= 15 is 0 Å². The zero-order valence-corrected chi connectivity index (χ0v) is 17.0. The first-order valence-electron chi connectivity index (χ1n) is 9.73. The summed E-state index contributed by atoms with van der Waals surface area (Å²) in [7, 11) is -3.67. The molecule has 2 aromatic carbocycles. The monoisotopic (exact) mass is 406 g/mol. The van der Waals surface area contributed by atoms with Gasteiger partial charge in [0.05, 0.1) is 16.8 Å². The van der Waals surface area contributed by atoms with Gasteiger partial charge in [0.2, 0.25) is 0 Å². The van der Waals surface area contributed by atoms with Gasteiger partial charge < -0.3 is 10.2 Å². The zero-order chi connectivity index (χ0) is 20.5. The Balaban J connectivity index is 2.28. The van der Waals surface area contributed by atoms with Gasteiger partial charge in [-0.3, -0.25) is 0 Å². The maximum atomic E-state index is 13.5. The lowest BCUT2D eigenvalue weighted by atomic mass is 9.69. The van der Waals surface area contributed by atoms with E-state index in [2.05, 4.69) is 0 Å². The Labute approximate surface area is 166 Å². The summed E-state index contributed by atoms with van der Waals surface area (Å²) in [6, 6.07) is 9.96. The number of aromatic hydroxyl groups is 1. The van der Waals surface area contributed by atoms with Crippen molar-refractivity contribution < 1.29 is 23.0 Å². The van der Waals surface area contributed by atoms with Crippen molar-refractivity contribution in [2.75, 3.05) is 5.75 Å². The lowest BCUT2D eigenvalue weighted by molar-refractivity contribution is 0.0173. The maximum absolute atomic E-state index is 13.5. The van der Waals surface area contributed by atoms with Gasteiger partial charge in [-0.2, -0.15) is 0 Å². The highest BCUT2D eigenvalue weighted by Crippen LogP contribution is 2.49. The molecule has 0 saturated heterocycles. The highest BCUT2D eigenvalue weighted by Gasteiger charge is 2.48. The number of halogens is 1. The lowest BCUT2D eigenvalue weighted by Crippen LogP contribution is -2.42. The van der Waals surface area contributed by atoms with E-state index in [1.807, 2.05) is 13.8 Å². The van der Waals surface area contributed by atoms with Crippen molar-refractivity contribution in [3.63, 3.8) is 0 Å². The van der Waals surface area contributed by atoms with Crippen molar-refractivity contribution >= 4 is 9.84 Å². The summed E-state index contributed by atoms with van der Waals surface area (Å²) in [6.45, 7) is 3.94. The summed E-state index contributed by atoms with van der Waals surface area (Å²) in [5.41, 5.74) is 0.181. The molecule has 0 spiro atoms. The highest BCUT2D eigenvalue weighted by atomic mass is 32.2. The molecule has 0 unspecified atom stereocenters. The van der Waals surface area contributed by atoms with Crippen LogP contribution in [0.3, 0.4) is 0 Å². The molecule has 2 aromatic rings. The van der Waals surface area contributed by atoms with Crippen LogP contribution < -0.4 is 0 Å². The second kappa shape index (κ2) is 7.84. The van der Waals surface area contributed by atoms with Crippen LogP contribution in [0.1, 0.15) is 56.6 Å². The number of aliphatic hydroxyl groups is 1. The number of hydrogen-bond donors (Lipinski definition) is 2. The minimum Gasteiger partial charge on any atom is -0.508 e. The molecule has 1 aliphatic rings. The summed E-state index contributed by atoms with van der Waals surface area (Å²) in [4.78, 5) is 0.130. The third-order valence-electron chi connectivity index (χ3n) is 6.05. The number of rotatable bonds is 5. The SMILES string of the molecule is CCCC[C@]1(CC)CS(=O)(=O)c2ccc(O)cc2[C@H](c2ccc(F)cc2)[C@@H]1O. The molecule has 0 bridgehead atoms. The predicted octanol–water partition coefficient (Wildman–Crippen LogP) is 4.40. The van der Waals surface area contributed by atoms with Crippen molar-refractivity contribution in [2.45, 2.75) is 56.4 Å². The number of sulfone groups is 1. The van der Waals surface area contributed by atoms with Crippen LogP contribution in [0, 0.1) is 11.2 Å². The number of phenols is 1. The number of hydrogen-bond acceptors (Lipinski definition) is 4. The fourth-order valence-corrected chi connectivity index (χ4v) is 6.65. The van der Waals surface area contributed by atoms with Gasteiger partial charge in [0, 0.05) is 11.3 Å². The quantitative estimate of drug-likeness (QED) is 0.772. The van der Waals surface area contributed by atoms with E-state index in [1.165, 1.54) is 30.3 Å². The van der Waals surface area contributed by atoms with Gasteiger partial charge in [-0.15, -0.1) is 0 Å². The van der Waals surface area contributed by atoms with Crippen LogP contribution in [0.4, 0.5) is 4.39 Å². The zero-order valence-electron chi connectivity index (χ0n) is 16.2. The van der Waals surface area contributed by atoms with Crippen LogP contribution in [-0.4, -0.2) is 30.5 Å². The molecule has 3 atom stereocenters. The average molecular weight is 407 g/mol. The van der Waals surface area contributed by atoms with Crippen LogP contribution in [0.25, 0.3) is 0 Å². The van der Waals surface area contributed by atoms with E-state index < -0.39 is 33.1 Å². The minimum atomic E-state index is -3.67. The molecule has 0 amide bonds. The first-order chi connectivity index (χ1) is 13.2. The number of benzene rings is 2. The summed E-state index contributed by atoms with van der Waals surface area (Å²) < 4.78 is 40.0. The fraction of sp³-hybridized carbons (Fsp3) is 0.455. The first kappa shape index (κ1) is 20.8. The highest BCUT2D eigenvalue weighted by molar-refractivity contribution is 7.91. The largest absolute Gasteiger partial charge is 0.508 e. The lowest BCUT2D eigenvalue weighted by Gasteiger charge is -2.39. The average Bonchev–Trinajstić information content (AvgIpc) is 2.72. The summed E-state index contributed by atoms with van der Waals surface area (Å²) in [5.74, 6) is -1.28. The Morgan fingerprint density at radius 3 is 2.43 bits per heavy atom. The molecule has 28 heavy (non-hydrogen) atoms. The normalized spacial score (nSPS) is 26.4. The Bertz CT molecular complexity index is 940. The van der Waals surface area contributed by atoms with E-state index in [4.69, 9.17) is 0 Å². The Hall–Kier alpha value is -1.92. The van der Waals surface area contributed by atoms with Gasteiger partial charge in [-0.1, -0.05) is 38.8 Å². The fourth-order valence-electron chi connectivity index (χ4n) is 4.40. The van der Waals surface area contributed by atoms with E-state index in [1.54, 1.807) is 12.1 Å². The molecule has 0 saturated carbocycles. The van der Waals surface area contributed by atoms with Gasteiger partial charge >= 0.3 is 0 Å². The second-order valence-electron chi connectivity index (χ2n) is 7.77. The topological polar surface area (TPSA) is 74.6 Å². The molecule has 1 heterocycles. The molecule has 4 nitrogen and oxygen atoms in total. The van der Waals surface area contributed by atoms with E-state index in [0.29, 0.717) is 24.0 Å². The van der Waals surface area contributed by atoms with E-state index in [9.17, 15) is 23.0 Å². The number of fused-ring (bicyclic) bond motifs is 1.